The summed E-state index contributed by atoms with van der Waals surface area (Å²) >= 11 is 0. The van der Waals surface area contributed by atoms with Crippen molar-refractivity contribution < 1.29 is 9.47 Å². The lowest BCUT2D eigenvalue weighted by molar-refractivity contribution is -0.0427. The SMILES string of the molecule is CCC(Oc1cccc(C#N)c1)C1CNCCO1. The van der Waals surface area contributed by atoms with Crippen LogP contribution in [0.4, 0.5) is 0 Å². The molecular formula is C14H18N2O2. The van der Waals surface area contributed by atoms with Gasteiger partial charge in [0.25, 0.3) is 0 Å². The number of hydrogen-bond acceptors (Lipinski definition) is 4. The van der Waals surface area contributed by atoms with E-state index in [4.69, 9.17) is 14.7 Å². The van der Waals surface area contributed by atoms with Crippen molar-refractivity contribution in [1.29, 1.82) is 5.26 Å². The highest BCUT2D eigenvalue weighted by molar-refractivity contribution is 5.36. The highest BCUT2D eigenvalue weighted by atomic mass is 16.5. The Morgan fingerprint density at radius 1 is 1.61 bits per heavy atom. The lowest BCUT2D eigenvalue weighted by Gasteiger charge is -2.30. The van der Waals surface area contributed by atoms with Crippen LogP contribution in [0.5, 0.6) is 5.75 Å². The fourth-order valence-corrected chi connectivity index (χ4v) is 2.06. The zero-order chi connectivity index (χ0) is 12.8. The lowest BCUT2D eigenvalue weighted by atomic mass is 10.1. The van der Waals surface area contributed by atoms with Gasteiger partial charge in [-0.25, -0.2) is 0 Å². The molecule has 0 saturated carbocycles. The maximum absolute atomic E-state index is 8.86. The monoisotopic (exact) mass is 246 g/mol. The molecule has 0 aliphatic carbocycles. The number of benzene rings is 1. The van der Waals surface area contributed by atoms with E-state index in [-0.39, 0.29) is 12.2 Å². The molecule has 1 aliphatic heterocycles. The molecular weight excluding hydrogens is 228 g/mol. The minimum absolute atomic E-state index is 0.0201. The molecule has 1 fully saturated rings. The summed E-state index contributed by atoms with van der Waals surface area (Å²) in [5.41, 5.74) is 0.616. The maximum atomic E-state index is 8.86. The van der Waals surface area contributed by atoms with Crippen LogP contribution in [0.25, 0.3) is 0 Å². The zero-order valence-electron chi connectivity index (χ0n) is 10.6. The quantitative estimate of drug-likeness (QED) is 0.878. The van der Waals surface area contributed by atoms with Crippen LogP contribution in [0.1, 0.15) is 18.9 Å². The molecule has 2 atom stereocenters. The Hall–Kier alpha value is -1.57. The molecule has 1 aliphatic rings. The molecule has 0 spiro atoms. The molecule has 4 nitrogen and oxygen atoms in total. The Labute approximate surface area is 108 Å². The molecule has 0 bridgehead atoms. The third-order valence-electron chi connectivity index (χ3n) is 3.02. The van der Waals surface area contributed by atoms with Gasteiger partial charge >= 0.3 is 0 Å². The molecule has 1 N–H and O–H groups in total. The summed E-state index contributed by atoms with van der Waals surface area (Å²) in [5, 5.41) is 12.2. The van der Waals surface area contributed by atoms with Crippen molar-refractivity contribution in [3.05, 3.63) is 29.8 Å². The van der Waals surface area contributed by atoms with E-state index in [0.717, 1.165) is 31.9 Å². The Morgan fingerprint density at radius 3 is 3.17 bits per heavy atom. The van der Waals surface area contributed by atoms with Gasteiger partial charge in [-0.05, 0) is 24.6 Å². The second-order valence-electron chi connectivity index (χ2n) is 4.32. The van der Waals surface area contributed by atoms with Crippen LogP contribution in [-0.4, -0.2) is 31.9 Å². The standard InChI is InChI=1S/C14H18N2O2/c1-2-13(14-10-16-6-7-17-14)18-12-5-3-4-11(8-12)9-15/h3-5,8,13-14,16H,2,6-7,10H2,1H3. The average Bonchev–Trinajstić information content (AvgIpc) is 2.46. The number of hydrogen-bond donors (Lipinski definition) is 1. The Morgan fingerprint density at radius 2 is 2.50 bits per heavy atom. The molecule has 1 aromatic rings. The number of nitrogens with one attached hydrogen (secondary N) is 1. The lowest BCUT2D eigenvalue weighted by Crippen LogP contribution is -2.47. The minimum Gasteiger partial charge on any atom is -0.488 e. The average molecular weight is 246 g/mol. The molecule has 0 radical (unpaired) electrons. The summed E-state index contributed by atoms with van der Waals surface area (Å²) in [6.07, 6.45) is 0.976. The first kappa shape index (κ1) is 12.9. The van der Waals surface area contributed by atoms with Crippen molar-refractivity contribution in [3.8, 4) is 11.8 Å². The first-order valence-electron chi connectivity index (χ1n) is 6.32. The van der Waals surface area contributed by atoms with Gasteiger partial charge in [-0.3, -0.25) is 0 Å². The number of morpholine rings is 1. The van der Waals surface area contributed by atoms with Crippen molar-refractivity contribution in [2.75, 3.05) is 19.7 Å². The van der Waals surface area contributed by atoms with Crippen LogP contribution in [0.2, 0.25) is 0 Å². The highest BCUT2D eigenvalue weighted by Gasteiger charge is 2.24. The maximum Gasteiger partial charge on any atom is 0.126 e. The minimum atomic E-state index is 0.0201. The molecule has 0 aromatic heterocycles. The molecule has 1 aromatic carbocycles. The molecule has 96 valence electrons. The second-order valence-corrected chi connectivity index (χ2v) is 4.32. The van der Waals surface area contributed by atoms with E-state index in [0.29, 0.717) is 5.56 Å². The van der Waals surface area contributed by atoms with Crippen LogP contribution in [0, 0.1) is 11.3 Å². The van der Waals surface area contributed by atoms with Crippen LogP contribution in [0.3, 0.4) is 0 Å². The van der Waals surface area contributed by atoms with Crippen LogP contribution >= 0.6 is 0 Å². The fraction of sp³-hybridized carbons (Fsp3) is 0.500. The van der Waals surface area contributed by atoms with E-state index in [1.165, 1.54) is 0 Å². The highest BCUT2D eigenvalue weighted by Crippen LogP contribution is 2.18. The van der Waals surface area contributed by atoms with E-state index >= 15 is 0 Å². The third-order valence-corrected chi connectivity index (χ3v) is 3.02. The summed E-state index contributed by atoms with van der Waals surface area (Å²) < 4.78 is 11.6. The van der Waals surface area contributed by atoms with Crippen LogP contribution < -0.4 is 10.1 Å². The van der Waals surface area contributed by atoms with E-state index in [1.54, 1.807) is 12.1 Å². The smallest absolute Gasteiger partial charge is 0.126 e. The van der Waals surface area contributed by atoms with Crippen molar-refractivity contribution in [3.63, 3.8) is 0 Å². The van der Waals surface area contributed by atoms with E-state index in [9.17, 15) is 0 Å². The second kappa shape index (κ2) is 6.39. The van der Waals surface area contributed by atoms with Gasteiger partial charge in [0.2, 0.25) is 0 Å². The zero-order valence-corrected chi connectivity index (χ0v) is 10.6. The number of ether oxygens (including phenoxy) is 2. The summed E-state index contributed by atoms with van der Waals surface area (Å²) in [5.74, 6) is 0.732. The number of nitriles is 1. The normalized spacial score (nSPS) is 21.0. The Bertz CT molecular complexity index is 422. The van der Waals surface area contributed by atoms with Gasteiger partial charge in [-0.2, -0.15) is 5.26 Å². The van der Waals surface area contributed by atoms with Gasteiger partial charge < -0.3 is 14.8 Å². The summed E-state index contributed by atoms with van der Waals surface area (Å²) in [6, 6.07) is 9.36. The molecule has 1 heterocycles. The largest absolute Gasteiger partial charge is 0.488 e. The van der Waals surface area contributed by atoms with Gasteiger partial charge in [0, 0.05) is 13.1 Å². The van der Waals surface area contributed by atoms with Gasteiger partial charge in [0.1, 0.15) is 18.0 Å². The first-order valence-corrected chi connectivity index (χ1v) is 6.32. The summed E-state index contributed by atoms with van der Waals surface area (Å²) in [6.45, 7) is 4.52. The molecule has 2 rings (SSSR count). The van der Waals surface area contributed by atoms with Gasteiger partial charge in [-0.1, -0.05) is 13.0 Å². The number of rotatable bonds is 4. The van der Waals surface area contributed by atoms with Crippen molar-refractivity contribution in [1.82, 2.24) is 5.32 Å². The first-order chi connectivity index (χ1) is 8.83. The number of nitrogens with zero attached hydrogens (tertiary/aromatic N) is 1. The topological polar surface area (TPSA) is 54.3 Å². The van der Waals surface area contributed by atoms with E-state index < -0.39 is 0 Å². The van der Waals surface area contributed by atoms with Gasteiger partial charge in [0.15, 0.2) is 0 Å². The molecule has 0 amide bonds. The fourth-order valence-electron chi connectivity index (χ4n) is 2.06. The van der Waals surface area contributed by atoms with Crippen LogP contribution in [0.15, 0.2) is 24.3 Å². The molecule has 1 saturated heterocycles. The van der Waals surface area contributed by atoms with Crippen molar-refractivity contribution in [2.24, 2.45) is 0 Å². The Kier molecular flexibility index (Phi) is 4.57. The Balaban J connectivity index is 2.02. The predicted octanol–water partition coefficient (Wildman–Crippen LogP) is 1.70. The van der Waals surface area contributed by atoms with Crippen molar-refractivity contribution in [2.45, 2.75) is 25.6 Å². The summed E-state index contributed by atoms with van der Waals surface area (Å²) in [7, 11) is 0. The summed E-state index contributed by atoms with van der Waals surface area (Å²) in [4.78, 5) is 0. The van der Waals surface area contributed by atoms with E-state index in [2.05, 4.69) is 18.3 Å². The van der Waals surface area contributed by atoms with Crippen molar-refractivity contribution >= 4 is 0 Å². The van der Waals surface area contributed by atoms with E-state index in [1.807, 2.05) is 12.1 Å². The molecule has 18 heavy (non-hydrogen) atoms. The third kappa shape index (κ3) is 3.22. The van der Waals surface area contributed by atoms with Gasteiger partial charge in [0.05, 0.1) is 18.2 Å². The molecule has 4 heteroatoms. The van der Waals surface area contributed by atoms with Crippen LogP contribution in [-0.2, 0) is 4.74 Å². The predicted molar refractivity (Wildman–Crippen MR) is 68.5 cm³/mol. The molecule has 2 unspecified atom stereocenters. The van der Waals surface area contributed by atoms with Gasteiger partial charge in [-0.15, -0.1) is 0 Å².